The highest BCUT2D eigenvalue weighted by molar-refractivity contribution is 7.89. The number of rotatable bonds is 3. The van der Waals surface area contributed by atoms with Crippen LogP contribution in [0.2, 0.25) is 0 Å². The third-order valence-electron chi connectivity index (χ3n) is 3.44. The number of aryl methyl sites for hydroxylation is 1. The van der Waals surface area contributed by atoms with Crippen molar-refractivity contribution in [2.24, 2.45) is 5.73 Å². The second-order valence-corrected chi connectivity index (χ2v) is 6.91. The number of nitro groups is 1. The first-order chi connectivity index (χ1) is 9.32. The Kier molecular flexibility index (Phi) is 5.68. The number of hydrogen-bond donors (Lipinski definition) is 1. The highest BCUT2D eigenvalue weighted by atomic mass is 35.5. The molecule has 1 aliphatic heterocycles. The zero-order valence-corrected chi connectivity index (χ0v) is 13.2. The zero-order chi connectivity index (χ0) is 14.9. The van der Waals surface area contributed by atoms with Crippen LogP contribution >= 0.6 is 12.4 Å². The van der Waals surface area contributed by atoms with E-state index in [1.54, 1.807) is 6.92 Å². The van der Waals surface area contributed by atoms with Gasteiger partial charge in [-0.2, -0.15) is 4.31 Å². The summed E-state index contributed by atoms with van der Waals surface area (Å²) >= 11 is 0. The van der Waals surface area contributed by atoms with Gasteiger partial charge in [0.1, 0.15) is 0 Å². The lowest BCUT2D eigenvalue weighted by Gasteiger charge is -2.29. The van der Waals surface area contributed by atoms with Gasteiger partial charge in [0.25, 0.3) is 5.69 Å². The monoisotopic (exact) mass is 335 g/mol. The number of piperidine rings is 1. The number of nitrogens with two attached hydrogens (primary N) is 1. The van der Waals surface area contributed by atoms with Gasteiger partial charge in [0.2, 0.25) is 10.0 Å². The fourth-order valence-corrected chi connectivity index (χ4v) is 3.84. The minimum atomic E-state index is -3.72. The predicted octanol–water partition coefficient (Wildman–Crippen LogP) is 1.44. The Labute approximate surface area is 129 Å². The summed E-state index contributed by atoms with van der Waals surface area (Å²) in [7, 11) is -3.72. The SMILES string of the molecule is Cc1ccc(S(=O)(=O)N2CCCC(N)C2)cc1[N+](=O)[O-].Cl. The highest BCUT2D eigenvalue weighted by Gasteiger charge is 2.30. The maximum atomic E-state index is 12.5. The molecular formula is C12H18ClN3O4S. The lowest BCUT2D eigenvalue weighted by Crippen LogP contribution is -2.45. The van der Waals surface area contributed by atoms with Crippen molar-refractivity contribution in [2.75, 3.05) is 13.1 Å². The summed E-state index contributed by atoms with van der Waals surface area (Å²) in [5, 5.41) is 10.9. The minimum absolute atomic E-state index is 0. The Hall–Kier alpha value is -1.22. The van der Waals surface area contributed by atoms with Gasteiger partial charge in [-0.15, -0.1) is 12.4 Å². The molecule has 2 rings (SSSR count). The third-order valence-corrected chi connectivity index (χ3v) is 5.30. The molecule has 0 saturated carbocycles. The molecule has 1 aromatic carbocycles. The average molecular weight is 336 g/mol. The van der Waals surface area contributed by atoms with Crippen molar-refractivity contribution in [1.29, 1.82) is 0 Å². The van der Waals surface area contributed by atoms with Gasteiger partial charge in [0.05, 0.1) is 9.82 Å². The van der Waals surface area contributed by atoms with Crippen LogP contribution in [0.1, 0.15) is 18.4 Å². The lowest BCUT2D eigenvalue weighted by atomic mass is 10.1. The Balaban J connectivity index is 0.00000220. The summed E-state index contributed by atoms with van der Waals surface area (Å²) in [6, 6.07) is 3.79. The van der Waals surface area contributed by atoms with Crippen LogP contribution in [-0.2, 0) is 10.0 Å². The van der Waals surface area contributed by atoms with Crippen molar-refractivity contribution in [3.8, 4) is 0 Å². The highest BCUT2D eigenvalue weighted by Crippen LogP contribution is 2.26. The van der Waals surface area contributed by atoms with Crippen molar-refractivity contribution < 1.29 is 13.3 Å². The Morgan fingerprint density at radius 3 is 2.67 bits per heavy atom. The molecule has 118 valence electrons. The van der Waals surface area contributed by atoms with Crippen LogP contribution in [-0.4, -0.2) is 36.8 Å². The minimum Gasteiger partial charge on any atom is -0.327 e. The van der Waals surface area contributed by atoms with E-state index in [1.807, 2.05) is 0 Å². The number of sulfonamides is 1. The molecule has 0 aromatic heterocycles. The second-order valence-electron chi connectivity index (χ2n) is 4.97. The van der Waals surface area contributed by atoms with Crippen LogP contribution in [0.25, 0.3) is 0 Å². The van der Waals surface area contributed by atoms with E-state index in [1.165, 1.54) is 16.4 Å². The molecule has 0 aliphatic carbocycles. The Bertz CT molecular complexity index is 635. The van der Waals surface area contributed by atoms with Crippen LogP contribution in [0, 0.1) is 17.0 Å². The molecule has 0 spiro atoms. The molecule has 0 radical (unpaired) electrons. The number of hydrogen-bond acceptors (Lipinski definition) is 5. The smallest absolute Gasteiger partial charge is 0.273 e. The molecule has 1 aromatic rings. The molecule has 1 heterocycles. The number of benzene rings is 1. The molecule has 1 unspecified atom stereocenters. The van der Waals surface area contributed by atoms with E-state index in [0.29, 0.717) is 18.5 Å². The van der Waals surface area contributed by atoms with E-state index in [2.05, 4.69) is 0 Å². The van der Waals surface area contributed by atoms with E-state index in [4.69, 9.17) is 5.73 Å². The Morgan fingerprint density at radius 2 is 2.10 bits per heavy atom. The molecule has 0 amide bonds. The number of halogens is 1. The third kappa shape index (κ3) is 3.70. The molecule has 0 bridgehead atoms. The van der Waals surface area contributed by atoms with Crippen molar-refractivity contribution in [2.45, 2.75) is 30.7 Å². The lowest BCUT2D eigenvalue weighted by molar-refractivity contribution is -0.385. The van der Waals surface area contributed by atoms with Gasteiger partial charge in [-0.3, -0.25) is 10.1 Å². The van der Waals surface area contributed by atoms with Crippen LogP contribution in [0.15, 0.2) is 23.1 Å². The number of nitro benzene ring substituents is 1. The maximum Gasteiger partial charge on any atom is 0.273 e. The molecule has 7 nitrogen and oxygen atoms in total. The molecule has 1 atom stereocenters. The average Bonchev–Trinajstić information content (AvgIpc) is 2.38. The Morgan fingerprint density at radius 1 is 1.43 bits per heavy atom. The van der Waals surface area contributed by atoms with Crippen LogP contribution in [0.5, 0.6) is 0 Å². The van der Waals surface area contributed by atoms with Crippen molar-refractivity contribution in [3.63, 3.8) is 0 Å². The fraction of sp³-hybridized carbons (Fsp3) is 0.500. The number of nitrogens with zero attached hydrogens (tertiary/aromatic N) is 2. The van der Waals surface area contributed by atoms with Crippen molar-refractivity contribution in [3.05, 3.63) is 33.9 Å². The van der Waals surface area contributed by atoms with E-state index >= 15 is 0 Å². The first-order valence-corrected chi connectivity index (χ1v) is 7.77. The predicted molar refractivity (Wildman–Crippen MR) is 81.0 cm³/mol. The molecular weight excluding hydrogens is 318 g/mol. The van der Waals surface area contributed by atoms with Gasteiger partial charge in [-0.25, -0.2) is 8.42 Å². The molecule has 9 heteroatoms. The topological polar surface area (TPSA) is 107 Å². The van der Waals surface area contributed by atoms with E-state index in [-0.39, 0.29) is 35.6 Å². The molecule has 1 saturated heterocycles. The molecule has 2 N–H and O–H groups in total. The van der Waals surface area contributed by atoms with E-state index in [0.717, 1.165) is 12.5 Å². The molecule has 1 fully saturated rings. The molecule has 21 heavy (non-hydrogen) atoms. The van der Waals surface area contributed by atoms with Crippen molar-refractivity contribution >= 4 is 28.1 Å². The summed E-state index contributed by atoms with van der Waals surface area (Å²) in [5.74, 6) is 0. The second kappa shape index (κ2) is 6.69. The quantitative estimate of drug-likeness (QED) is 0.664. The summed E-state index contributed by atoms with van der Waals surface area (Å²) in [6.07, 6.45) is 1.49. The summed E-state index contributed by atoms with van der Waals surface area (Å²) in [4.78, 5) is 10.3. The largest absolute Gasteiger partial charge is 0.327 e. The van der Waals surface area contributed by atoms with Gasteiger partial charge >= 0.3 is 0 Å². The van der Waals surface area contributed by atoms with Crippen LogP contribution in [0.4, 0.5) is 5.69 Å². The standard InChI is InChI=1S/C12H17N3O4S.ClH/c1-9-4-5-11(7-12(9)15(16)17)20(18,19)14-6-2-3-10(13)8-14;/h4-5,7,10H,2-3,6,8,13H2,1H3;1H. The van der Waals surface area contributed by atoms with Gasteiger partial charge in [-0.1, -0.05) is 6.07 Å². The van der Waals surface area contributed by atoms with Gasteiger partial charge in [-0.05, 0) is 25.8 Å². The van der Waals surface area contributed by atoms with Gasteiger partial charge in [0.15, 0.2) is 0 Å². The summed E-state index contributed by atoms with van der Waals surface area (Å²) in [6.45, 7) is 2.23. The fourth-order valence-electron chi connectivity index (χ4n) is 2.29. The van der Waals surface area contributed by atoms with Crippen LogP contribution < -0.4 is 5.73 Å². The zero-order valence-electron chi connectivity index (χ0n) is 11.6. The summed E-state index contributed by atoms with van der Waals surface area (Å²) < 4.78 is 26.2. The maximum absolute atomic E-state index is 12.5. The summed E-state index contributed by atoms with van der Waals surface area (Å²) in [5.41, 5.74) is 6.03. The van der Waals surface area contributed by atoms with E-state index in [9.17, 15) is 18.5 Å². The van der Waals surface area contributed by atoms with Crippen LogP contribution in [0.3, 0.4) is 0 Å². The van der Waals surface area contributed by atoms with Gasteiger partial charge in [0, 0.05) is 30.8 Å². The first-order valence-electron chi connectivity index (χ1n) is 6.33. The van der Waals surface area contributed by atoms with Crippen molar-refractivity contribution in [1.82, 2.24) is 4.31 Å². The normalized spacial score (nSPS) is 19.8. The van der Waals surface area contributed by atoms with E-state index < -0.39 is 14.9 Å². The molecule has 1 aliphatic rings. The van der Waals surface area contributed by atoms with Gasteiger partial charge < -0.3 is 5.73 Å². The first kappa shape index (κ1) is 17.8.